The van der Waals surface area contributed by atoms with Crippen LogP contribution in [0.5, 0.6) is 5.75 Å². The summed E-state index contributed by atoms with van der Waals surface area (Å²) in [5.74, 6) is -0.691. The van der Waals surface area contributed by atoms with Crippen molar-refractivity contribution in [2.45, 2.75) is 24.8 Å². The van der Waals surface area contributed by atoms with E-state index in [9.17, 15) is 18.3 Å². The summed E-state index contributed by atoms with van der Waals surface area (Å²) in [5.41, 5.74) is 0.206. The Balaban J connectivity index is 2.17. The number of phenols is 1. The van der Waals surface area contributed by atoms with Crippen molar-refractivity contribution in [3.8, 4) is 5.75 Å². The van der Waals surface area contributed by atoms with E-state index in [0.717, 1.165) is 0 Å². The van der Waals surface area contributed by atoms with Gasteiger partial charge >= 0.3 is 6.03 Å². The Morgan fingerprint density at radius 3 is 2.38 bits per heavy atom. The third-order valence-electron chi connectivity index (χ3n) is 3.57. The maximum Gasteiger partial charge on any atom is 0.323 e. The minimum absolute atomic E-state index is 0.0130. The molecule has 2 amide bonds. The molecule has 29 heavy (non-hydrogen) atoms. The number of para-hydroxylation sites is 1. The Kier molecular flexibility index (Phi) is 8.12. The SMILES string of the molecule is CC(C)OCCNS(=O)(=O)c1c(Cl)ccc(NC(=O)Nc2ccccc2Cl)c1O. The number of urea groups is 1. The van der Waals surface area contributed by atoms with Crippen molar-refractivity contribution in [2.75, 3.05) is 23.8 Å². The maximum atomic E-state index is 12.5. The van der Waals surface area contributed by atoms with Gasteiger partial charge in [0.05, 0.1) is 34.1 Å². The molecule has 2 aromatic rings. The number of ether oxygens (including phenoxy) is 1. The molecule has 0 fully saturated rings. The molecule has 0 atom stereocenters. The van der Waals surface area contributed by atoms with E-state index in [1.165, 1.54) is 12.1 Å². The minimum Gasteiger partial charge on any atom is -0.504 e. The van der Waals surface area contributed by atoms with Gasteiger partial charge in [-0.05, 0) is 38.1 Å². The number of nitrogens with one attached hydrogen (secondary N) is 3. The Morgan fingerprint density at radius 2 is 1.72 bits per heavy atom. The number of carbonyl (C=O) groups excluding carboxylic acids is 1. The number of aromatic hydroxyl groups is 1. The molecule has 0 aliphatic carbocycles. The third-order valence-corrected chi connectivity index (χ3v) is 5.86. The number of halogens is 2. The molecule has 0 aromatic heterocycles. The van der Waals surface area contributed by atoms with Crippen LogP contribution in [0.15, 0.2) is 41.3 Å². The molecule has 0 unspecified atom stereocenters. The van der Waals surface area contributed by atoms with Gasteiger partial charge in [0.2, 0.25) is 10.0 Å². The summed E-state index contributed by atoms with van der Waals surface area (Å²) in [6, 6.07) is 8.38. The second kappa shape index (κ2) is 10.1. The molecule has 158 valence electrons. The first-order valence-electron chi connectivity index (χ1n) is 8.57. The first-order chi connectivity index (χ1) is 13.6. The Labute approximate surface area is 179 Å². The molecule has 0 spiro atoms. The fourth-order valence-corrected chi connectivity index (χ4v) is 4.11. The minimum atomic E-state index is -4.15. The summed E-state index contributed by atoms with van der Waals surface area (Å²) >= 11 is 12.0. The Bertz CT molecular complexity index is 983. The number of rotatable bonds is 8. The average Bonchev–Trinajstić information content (AvgIpc) is 2.63. The van der Waals surface area contributed by atoms with Crippen molar-refractivity contribution in [3.63, 3.8) is 0 Å². The largest absolute Gasteiger partial charge is 0.504 e. The standard InChI is InChI=1S/C18H21Cl2N3O5S/c1-11(2)28-10-9-21-29(26,27)17-13(20)7-8-15(16(17)24)23-18(25)22-14-6-4-3-5-12(14)19/h3-8,11,21,24H,9-10H2,1-2H3,(H2,22,23,25). The highest BCUT2D eigenvalue weighted by molar-refractivity contribution is 7.89. The number of amides is 2. The van der Waals surface area contributed by atoms with Gasteiger partial charge in [0, 0.05) is 6.54 Å². The molecular weight excluding hydrogens is 441 g/mol. The van der Waals surface area contributed by atoms with Crippen LogP contribution >= 0.6 is 23.2 Å². The maximum absolute atomic E-state index is 12.5. The van der Waals surface area contributed by atoms with E-state index in [2.05, 4.69) is 15.4 Å². The van der Waals surface area contributed by atoms with E-state index in [4.69, 9.17) is 27.9 Å². The second-order valence-electron chi connectivity index (χ2n) is 6.15. The van der Waals surface area contributed by atoms with Gasteiger partial charge in [0.25, 0.3) is 0 Å². The highest BCUT2D eigenvalue weighted by Gasteiger charge is 2.25. The van der Waals surface area contributed by atoms with Gasteiger partial charge in [-0.1, -0.05) is 35.3 Å². The monoisotopic (exact) mass is 461 g/mol. The predicted octanol–water partition coefficient (Wildman–Crippen LogP) is 4.05. The molecule has 11 heteroatoms. The lowest BCUT2D eigenvalue weighted by Crippen LogP contribution is -2.29. The first kappa shape index (κ1) is 23.2. The molecule has 2 rings (SSSR count). The van der Waals surface area contributed by atoms with Gasteiger partial charge in [0.15, 0.2) is 5.75 Å². The van der Waals surface area contributed by atoms with Crippen LogP contribution in [0.1, 0.15) is 13.8 Å². The van der Waals surface area contributed by atoms with E-state index >= 15 is 0 Å². The molecular formula is C18H21Cl2N3O5S. The summed E-state index contributed by atoms with van der Waals surface area (Å²) in [6.45, 7) is 3.77. The lowest BCUT2D eigenvalue weighted by molar-refractivity contribution is 0.0834. The molecule has 0 heterocycles. The third kappa shape index (κ3) is 6.48. The number of carbonyl (C=O) groups is 1. The van der Waals surface area contributed by atoms with E-state index < -0.39 is 26.7 Å². The lowest BCUT2D eigenvalue weighted by atomic mass is 10.3. The van der Waals surface area contributed by atoms with Crippen LogP contribution in [-0.4, -0.2) is 38.8 Å². The molecule has 0 aliphatic rings. The predicted molar refractivity (Wildman–Crippen MR) is 113 cm³/mol. The first-order valence-corrected chi connectivity index (χ1v) is 10.8. The molecule has 0 saturated carbocycles. The van der Waals surface area contributed by atoms with Crippen molar-refractivity contribution in [1.29, 1.82) is 0 Å². The highest BCUT2D eigenvalue weighted by Crippen LogP contribution is 2.36. The summed E-state index contributed by atoms with van der Waals surface area (Å²) in [4.78, 5) is 11.7. The summed E-state index contributed by atoms with van der Waals surface area (Å²) < 4.78 is 32.6. The normalized spacial score (nSPS) is 11.5. The molecule has 0 aliphatic heterocycles. The van der Waals surface area contributed by atoms with Crippen molar-refractivity contribution in [1.82, 2.24) is 4.72 Å². The summed E-state index contributed by atoms with van der Waals surface area (Å²) in [7, 11) is -4.15. The molecule has 0 saturated heterocycles. The van der Waals surface area contributed by atoms with Gasteiger partial charge in [-0.15, -0.1) is 0 Å². The zero-order valence-electron chi connectivity index (χ0n) is 15.7. The van der Waals surface area contributed by atoms with Crippen LogP contribution in [0.4, 0.5) is 16.2 Å². The molecule has 0 bridgehead atoms. The quantitative estimate of drug-likeness (QED) is 0.349. The van der Waals surface area contributed by atoms with E-state index in [-0.39, 0.29) is 30.0 Å². The zero-order valence-corrected chi connectivity index (χ0v) is 18.0. The van der Waals surface area contributed by atoms with E-state index in [0.29, 0.717) is 10.7 Å². The van der Waals surface area contributed by atoms with E-state index in [1.54, 1.807) is 24.3 Å². The van der Waals surface area contributed by atoms with Crippen LogP contribution in [0.2, 0.25) is 10.0 Å². The number of phenolic OH excluding ortho intramolecular Hbond substituents is 1. The van der Waals surface area contributed by atoms with Crippen molar-refractivity contribution < 1.29 is 23.1 Å². The van der Waals surface area contributed by atoms with Crippen LogP contribution in [0, 0.1) is 0 Å². The number of anilines is 2. The number of benzene rings is 2. The molecule has 2 aromatic carbocycles. The number of hydrogen-bond acceptors (Lipinski definition) is 5. The number of sulfonamides is 1. The Morgan fingerprint density at radius 1 is 1.07 bits per heavy atom. The zero-order chi connectivity index (χ0) is 21.6. The van der Waals surface area contributed by atoms with Gasteiger partial charge in [-0.2, -0.15) is 0 Å². The lowest BCUT2D eigenvalue weighted by Gasteiger charge is -2.15. The summed E-state index contributed by atoms with van der Waals surface area (Å²) in [6.07, 6.45) is -0.0550. The number of hydrogen-bond donors (Lipinski definition) is 4. The molecule has 4 N–H and O–H groups in total. The fourth-order valence-electron chi connectivity index (χ4n) is 2.28. The fraction of sp³-hybridized carbons (Fsp3) is 0.278. The van der Waals surface area contributed by atoms with Crippen molar-refractivity contribution >= 4 is 50.6 Å². The molecule has 8 nitrogen and oxygen atoms in total. The van der Waals surface area contributed by atoms with Gasteiger partial charge < -0.3 is 20.5 Å². The van der Waals surface area contributed by atoms with Crippen LogP contribution < -0.4 is 15.4 Å². The average molecular weight is 462 g/mol. The van der Waals surface area contributed by atoms with E-state index in [1.807, 2.05) is 13.8 Å². The van der Waals surface area contributed by atoms with Crippen LogP contribution in [0.25, 0.3) is 0 Å². The highest BCUT2D eigenvalue weighted by atomic mass is 35.5. The summed E-state index contributed by atoms with van der Waals surface area (Å²) in [5, 5.41) is 15.4. The topological polar surface area (TPSA) is 117 Å². The molecule has 0 radical (unpaired) electrons. The van der Waals surface area contributed by atoms with Gasteiger partial charge in [0.1, 0.15) is 4.90 Å². The van der Waals surface area contributed by atoms with Crippen molar-refractivity contribution in [3.05, 3.63) is 46.4 Å². The Hall–Kier alpha value is -2.04. The smallest absolute Gasteiger partial charge is 0.323 e. The van der Waals surface area contributed by atoms with Crippen molar-refractivity contribution in [2.24, 2.45) is 0 Å². The van der Waals surface area contributed by atoms with Gasteiger partial charge in [-0.3, -0.25) is 0 Å². The second-order valence-corrected chi connectivity index (χ2v) is 8.67. The van der Waals surface area contributed by atoms with Crippen LogP contribution in [0.3, 0.4) is 0 Å². The van der Waals surface area contributed by atoms with Crippen LogP contribution in [-0.2, 0) is 14.8 Å². The van der Waals surface area contributed by atoms with Gasteiger partial charge in [-0.25, -0.2) is 17.9 Å².